The molecule has 0 aliphatic rings. The summed E-state index contributed by atoms with van der Waals surface area (Å²) in [5.41, 5.74) is 0.770. The molecular formula is C21H22ClN3O6S. The van der Waals surface area contributed by atoms with E-state index < -0.39 is 22.5 Å². The SMILES string of the molecule is COc1ccc(N(CC(=O)Nc2cc(Cl)ccc2O[11CH3])S(=O)(=O)c2c(C)noc2C)cc1. The van der Waals surface area contributed by atoms with Gasteiger partial charge in [0.15, 0.2) is 10.7 Å². The number of carbonyl (C=O) groups is 1. The fraction of sp³-hybridized carbons (Fsp3) is 0.238. The molecule has 0 radical (unpaired) electrons. The standard InChI is InChI=1S/C21H22ClN3O6S/c1-13-21(14(2)31-24-13)32(27,28)25(16-6-8-17(29-3)9-7-16)12-20(26)23-18-11-15(22)5-10-19(18)30-4/h5-11H,12H2,1-4H3,(H,23,26)/i4-1. The summed E-state index contributed by atoms with van der Waals surface area (Å²) in [7, 11) is -1.24. The molecule has 0 atom stereocenters. The number of nitrogens with zero attached hydrogens (tertiary/aromatic N) is 2. The van der Waals surface area contributed by atoms with E-state index in [0.29, 0.717) is 22.2 Å². The number of hydrogen-bond acceptors (Lipinski definition) is 7. The fourth-order valence-electron chi connectivity index (χ4n) is 3.11. The number of amides is 1. The van der Waals surface area contributed by atoms with Crippen LogP contribution >= 0.6 is 11.6 Å². The smallest absolute Gasteiger partial charge is 0.270 e. The number of halogens is 1. The van der Waals surface area contributed by atoms with Gasteiger partial charge in [0.2, 0.25) is 5.91 Å². The summed E-state index contributed by atoms with van der Waals surface area (Å²) < 4.78 is 43.4. The monoisotopic (exact) mass is 478 g/mol. The maximum atomic E-state index is 13.5. The van der Waals surface area contributed by atoms with Gasteiger partial charge in [-0.15, -0.1) is 0 Å². The van der Waals surface area contributed by atoms with Gasteiger partial charge in [0.25, 0.3) is 10.0 Å². The molecule has 1 amide bonds. The second-order valence-corrected chi connectivity index (χ2v) is 8.99. The highest BCUT2D eigenvalue weighted by molar-refractivity contribution is 7.93. The molecule has 3 rings (SSSR count). The van der Waals surface area contributed by atoms with E-state index in [9.17, 15) is 13.2 Å². The maximum Gasteiger partial charge on any atom is 0.270 e. The number of anilines is 2. The second-order valence-electron chi connectivity index (χ2n) is 6.76. The van der Waals surface area contributed by atoms with Crippen LogP contribution in [0.25, 0.3) is 0 Å². The molecule has 0 bridgehead atoms. The number of aromatic nitrogens is 1. The van der Waals surface area contributed by atoms with Gasteiger partial charge in [-0.2, -0.15) is 0 Å². The molecule has 11 heteroatoms. The summed E-state index contributed by atoms with van der Waals surface area (Å²) in [6.07, 6.45) is 0. The van der Waals surface area contributed by atoms with E-state index in [-0.39, 0.29) is 22.0 Å². The number of ether oxygens (including phenoxy) is 2. The van der Waals surface area contributed by atoms with Gasteiger partial charge in [-0.3, -0.25) is 9.10 Å². The lowest BCUT2D eigenvalue weighted by Gasteiger charge is -2.24. The minimum Gasteiger partial charge on any atom is -0.497 e. The molecule has 0 aliphatic heterocycles. The summed E-state index contributed by atoms with van der Waals surface area (Å²) in [6, 6.07) is 11.0. The second kappa shape index (κ2) is 9.49. The van der Waals surface area contributed by atoms with Crippen LogP contribution in [0.4, 0.5) is 11.4 Å². The third-order valence-electron chi connectivity index (χ3n) is 4.60. The first-order valence-corrected chi connectivity index (χ1v) is 11.2. The Kier molecular flexibility index (Phi) is 6.95. The van der Waals surface area contributed by atoms with Crippen molar-refractivity contribution < 1.29 is 27.2 Å². The molecule has 0 fully saturated rings. The largest absolute Gasteiger partial charge is 0.497 e. The molecule has 0 saturated carbocycles. The van der Waals surface area contributed by atoms with Crippen LogP contribution in [0.5, 0.6) is 11.5 Å². The van der Waals surface area contributed by atoms with Crippen LogP contribution in [0.1, 0.15) is 11.5 Å². The van der Waals surface area contributed by atoms with Crippen LogP contribution in [0, 0.1) is 13.8 Å². The van der Waals surface area contributed by atoms with Crippen LogP contribution in [0.3, 0.4) is 0 Å². The summed E-state index contributed by atoms with van der Waals surface area (Å²) in [5.74, 6) is 0.443. The quantitative estimate of drug-likeness (QED) is 0.524. The van der Waals surface area contributed by atoms with Gasteiger partial charge in [-0.25, -0.2) is 8.42 Å². The average molecular weight is 479 g/mol. The fourth-order valence-corrected chi connectivity index (χ4v) is 5.00. The van der Waals surface area contributed by atoms with Crippen molar-refractivity contribution in [1.29, 1.82) is 0 Å². The van der Waals surface area contributed by atoms with E-state index in [4.69, 9.17) is 25.6 Å². The van der Waals surface area contributed by atoms with E-state index in [1.54, 1.807) is 36.4 Å². The zero-order valence-electron chi connectivity index (χ0n) is 17.9. The van der Waals surface area contributed by atoms with Crippen molar-refractivity contribution in [2.75, 3.05) is 30.4 Å². The molecule has 1 heterocycles. The Morgan fingerprint density at radius 3 is 2.38 bits per heavy atom. The Hall–Kier alpha value is -3.24. The third kappa shape index (κ3) is 4.81. The number of benzene rings is 2. The molecule has 0 saturated heterocycles. The highest BCUT2D eigenvalue weighted by Crippen LogP contribution is 2.30. The van der Waals surface area contributed by atoms with Gasteiger partial charge < -0.3 is 19.3 Å². The number of carbonyl (C=O) groups excluding carboxylic acids is 1. The van der Waals surface area contributed by atoms with E-state index in [0.717, 1.165) is 4.31 Å². The number of sulfonamides is 1. The predicted octanol–water partition coefficient (Wildman–Crippen LogP) is 3.80. The lowest BCUT2D eigenvalue weighted by molar-refractivity contribution is -0.114. The highest BCUT2D eigenvalue weighted by atomic mass is 35.5. The first kappa shape index (κ1) is 23.4. The number of methoxy groups -OCH3 is 2. The lowest BCUT2D eigenvalue weighted by atomic mass is 10.2. The number of rotatable bonds is 8. The molecule has 170 valence electrons. The van der Waals surface area contributed by atoms with Crippen LogP contribution in [0.2, 0.25) is 5.02 Å². The van der Waals surface area contributed by atoms with Crippen molar-refractivity contribution in [3.8, 4) is 11.5 Å². The lowest BCUT2D eigenvalue weighted by Crippen LogP contribution is -2.38. The number of hydrogen-bond donors (Lipinski definition) is 1. The summed E-state index contributed by atoms with van der Waals surface area (Å²) in [4.78, 5) is 12.8. The first-order valence-electron chi connectivity index (χ1n) is 9.40. The van der Waals surface area contributed by atoms with Crippen molar-refractivity contribution >= 4 is 38.9 Å². The highest BCUT2D eigenvalue weighted by Gasteiger charge is 2.33. The molecule has 0 aliphatic carbocycles. The molecule has 2 aromatic carbocycles. The average Bonchev–Trinajstić information content (AvgIpc) is 3.11. The Morgan fingerprint density at radius 2 is 1.81 bits per heavy atom. The Labute approximate surface area is 190 Å². The van der Waals surface area contributed by atoms with E-state index in [1.807, 2.05) is 0 Å². The van der Waals surface area contributed by atoms with Gasteiger partial charge in [0, 0.05) is 5.02 Å². The molecule has 3 aromatic rings. The minimum absolute atomic E-state index is 0.0959. The maximum absolute atomic E-state index is 13.5. The summed E-state index contributed by atoms with van der Waals surface area (Å²) in [5, 5.41) is 6.77. The van der Waals surface area contributed by atoms with Crippen LogP contribution in [-0.2, 0) is 14.8 Å². The van der Waals surface area contributed by atoms with Gasteiger partial charge in [0.05, 0.1) is 25.6 Å². The van der Waals surface area contributed by atoms with Crippen molar-refractivity contribution in [2.45, 2.75) is 18.7 Å². The number of aryl methyl sites for hydroxylation is 2. The van der Waals surface area contributed by atoms with E-state index in [1.165, 1.54) is 34.1 Å². The molecule has 0 unspecified atom stereocenters. The molecule has 1 aromatic heterocycles. The Morgan fingerprint density at radius 1 is 1.12 bits per heavy atom. The van der Waals surface area contributed by atoms with Crippen LogP contribution < -0.4 is 19.1 Å². The van der Waals surface area contributed by atoms with Gasteiger partial charge in [0.1, 0.15) is 23.7 Å². The van der Waals surface area contributed by atoms with E-state index in [2.05, 4.69) is 10.5 Å². The molecule has 32 heavy (non-hydrogen) atoms. The normalized spacial score (nSPS) is 11.2. The van der Waals surface area contributed by atoms with Crippen LogP contribution in [0.15, 0.2) is 51.9 Å². The van der Waals surface area contributed by atoms with Crippen molar-refractivity contribution in [3.63, 3.8) is 0 Å². The summed E-state index contributed by atoms with van der Waals surface area (Å²) in [6.45, 7) is 2.50. The number of nitrogens with one attached hydrogen (secondary N) is 1. The van der Waals surface area contributed by atoms with E-state index >= 15 is 0 Å². The zero-order valence-corrected chi connectivity index (χ0v) is 19.5. The predicted molar refractivity (Wildman–Crippen MR) is 120 cm³/mol. The van der Waals surface area contributed by atoms with Gasteiger partial charge in [-0.1, -0.05) is 16.8 Å². The van der Waals surface area contributed by atoms with Gasteiger partial charge >= 0.3 is 0 Å². The Bertz CT molecular complexity index is 1210. The molecular weight excluding hydrogens is 457 g/mol. The first-order chi connectivity index (χ1) is 15.2. The van der Waals surface area contributed by atoms with Crippen molar-refractivity contribution in [2.24, 2.45) is 0 Å². The molecule has 9 nitrogen and oxygen atoms in total. The van der Waals surface area contributed by atoms with Crippen molar-refractivity contribution in [3.05, 3.63) is 58.9 Å². The Balaban J connectivity index is 1.99. The molecule has 0 spiro atoms. The molecule has 1 N–H and O–H groups in total. The summed E-state index contributed by atoms with van der Waals surface area (Å²) >= 11 is 6.02. The zero-order chi connectivity index (χ0) is 23.5. The third-order valence-corrected chi connectivity index (χ3v) is 6.85. The van der Waals surface area contributed by atoms with Gasteiger partial charge in [-0.05, 0) is 56.3 Å². The van der Waals surface area contributed by atoms with Crippen molar-refractivity contribution in [1.82, 2.24) is 5.16 Å². The minimum atomic E-state index is -4.18. The topological polar surface area (TPSA) is 111 Å². The van der Waals surface area contributed by atoms with Crippen LogP contribution in [-0.4, -0.2) is 40.2 Å².